The molecule has 0 amide bonds. The number of benzene rings is 3. The smallest absolute Gasteiger partial charge is 0.340 e. The summed E-state index contributed by atoms with van der Waals surface area (Å²) in [6.07, 6.45) is 5.03. The van der Waals surface area contributed by atoms with Crippen LogP contribution in [0.1, 0.15) is 42.5 Å². The molecule has 0 atom stereocenters. The second-order valence-corrected chi connectivity index (χ2v) is 14.0. The Labute approximate surface area is 254 Å². The van der Waals surface area contributed by atoms with Crippen molar-refractivity contribution >= 4 is 42.5 Å². The normalized spacial score (nSPS) is 18.2. The number of halogens is 1. The van der Waals surface area contributed by atoms with Crippen LogP contribution >= 0.6 is 15.9 Å². The Balaban J connectivity index is 1.25. The summed E-state index contributed by atoms with van der Waals surface area (Å²) in [6, 6.07) is 19.3. The van der Waals surface area contributed by atoms with Gasteiger partial charge in [-0.05, 0) is 81.8 Å². The molecule has 218 valence electrons. The van der Waals surface area contributed by atoms with Gasteiger partial charge in [0.15, 0.2) is 0 Å². The molecular weight excluding hydrogens is 616 g/mol. The van der Waals surface area contributed by atoms with Gasteiger partial charge >= 0.3 is 16.1 Å². The van der Waals surface area contributed by atoms with Gasteiger partial charge in [-0.15, -0.1) is 0 Å². The highest BCUT2D eigenvalue weighted by atomic mass is 79.9. The number of hydrogen-bond acceptors (Lipinski definition) is 8. The van der Waals surface area contributed by atoms with E-state index in [4.69, 9.17) is 13.9 Å². The van der Waals surface area contributed by atoms with Crippen LogP contribution in [0.25, 0.3) is 10.8 Å². The third-order valence-corrected chi connectivity index (χ3v) is 10.8. The molecule has 4 heterocycles. The van der Waals surface area contributed by atoms with Crippen molar-refractivity contribution in [3.63, 3.8) is 0 Å². The maximum atomic E-state index is 13.3. The molecular formula is C32H33BrN4O4S. The van der Waals surface area contributed by atoms with Gasteiger partial charge in [-0.3, -0.25) is 4.90 Å². The first-order valence-electron chi connectivity index (χ1n) is 14.5. The molecule has 3 aliphatic heterocycles. The maximum Gasteiger partial charge on any atom is 0.340 e. The summed E-state index contributed by atoms with van der Waals surface area (Å²) in [7, 11) is -4.10. The van der Waals surface area contributed by atoms with Gasteiger partial charge in [0.25, 0.3) is 0 Å². The average molecular weight is 650 g/mol. The second-order valence-electron chi connectivity index (χ2n) is 11.6. The third kappa shape index (κ3) is 5.03. The topological polar surface area (TPSA) is 84.9 Å². The van der Waals surface area contributed by atoms with Crippen LogP contribution in [0.5, 0.6) is 11.9 Å². The van der Waals surface area contributed by atoms with E-state index in [1.165, 1.54) is 0 Å². The minimum absolute atomic E-state index is 0.00945. The first-order chi connectivity index (χ1) is 20.3. The first kappa shape index (κ1) is 27.6. The zero-order valence-electron chi connectivity index (χ0n) is 23.6. The summed E-state index contributed by atoms with van der Waals surface area (Å²) < 4.78 is 39.8. The number of anilines is 1. The van der Waals surface area contributed by atoms with Crippen LogP contribution in [0.15, 0.2) is 70.0 Å². The fourth-order valence-electron chi connectivity index (χ4n) is 6.77. The lowest BCUT2D eigenvalue weighted by atomic mass is 9.95. The highest BCUT2D eigenvalue weighted by Crippen LogP contribution is 2.40. The molecule has 0 aliphatic carbocycles. The Morgan fingerprint density at radius 3 is 2.45 bits per heavy atom. The lowest BCUT2D eigenvalue weighted by Gasteiger charge is -2.33. The molecule has 0 radical (unpaired) electrons. The van der Waals surface area contributed by atoms with Crippen molar-refractivity contribution in [2.75, 3.05) is 31.1 Å². The van der Waals surface area contributed by atoms with Gasteiger partial charge in [-0.1, -0.05) is 57.9 Å². The summed E-state index contributed by atoms with van der Waals surface area (Å²) in [6.45, 7) is 5.72. The van der Waals surface area contributed by atoms with Crippen LogP contribution in [0.3, 0.4) is 0 Å². The van der Waals surface area contributed by atoms with Crippen LogP contribution in [-0.4, -0.2) is 55.1 Å². The van der Waals surface area contributed by atoms with Crippen molar-refractivity contribution in [1.29, 1.82) is 0 Å². The Morgan fingerprint density at radius 1 is 0.952 bits per heavy atom. The maximum absolute atomic E-state index is 13.3. The molecule has 0 saturated carbocycles. The standard InChI is InChI=1S/C32H33BrN4O4S/c1-22-10-12-24(13-11-22)42(38,39)41-30-25-14-19-36(28-9-3-7-23-6-2-8-26(33)29(23)28)20-27(25)34-31(35-30)40-21-32-15-4-17-37(32)18-5-16-32/h2-3,6-13H,4-5,14-21H2,1H3. The molecule has 3 aromatic carbocycles. The molecule has 0 bridgehead atoms. The Kier molecular flexibility index (Phi) is 7.11. The monoisotopic (exact) mass is 648 g/mol. The van der Waals surface area contributed by atoms with Gasteiger partial charge in [0.2, 0.25) is 5.88 Å². The van der Waals surface area contributed by atoms with Gasteiger partial charge in [0.1, 0.15) is 11.5 Å². The van der Waals surface area contributed by atoms with Crippen LogP contribution in [0, 0.1) is 6.92 Å². The molecule has 0 N–H and O–H groups in total. The largest absolute Gasteiger partial charge is 0.461 e. The number of aromatic nitrogens is 2. The fourth-order valence-corrected chi connectivity index (χ4v) is 8.27. The Hall–Kier alpha value is -3.21. The number of rotatable bonds is 7. The second kappa shape index (κ2) is 10.8. The molecule has 3 aliphatic rings. The number of aryl methyl sites for hydroxylation is 1. The highest BCUT2D eigenvalue weighted by molar-refractivity contribution is 9.10. The van der Waals surface area contributed by atoms with E-state index in [0.717, 1.165) is 71.0 Å². The lowest BCUT2D eigenvalue weighted by Crippen LogP contribution is -2.43. The van der Waals surface area contributed by atoms with Crippen LogP contribution < -0.4 is 13.8 Å². The quantitative estimate of drug-likeness (QED) is 0.224. The van der Waals surface area contributed by atoms with Crippen molar-refractivity contribution < 1.29 is 17.3 Å². The molecule has 10 heteroatoms. The summed E-state index contributed by atoms with van der Waals surface area (Å²) in [5, 5.41) is 2.28. The van der Waals surface area contributed by atoms with E-state index in [0.29, 0.717) is 31.7 Å². The SMILES string of the molecule is Cc1ccc(S(=O)(=O)Oc2nc(OCC34CCCN3CCC4)nc3c2CCN(c2cccc4cccc(Br)c24)C3)cc1. The van der Waals surface area contributed by atoms with Gasteiger partial charge in [0.05, 0.1) is 17.8 Å². The van der Waals surface area contributed by atoms with E-state index >= 15 is 0 Å². The van der Waals surface area contributed by atoms with Crippen LogP contribution in [0.2, 0.25) is 0 Å². The predicted octanol–water partition coefficient (Wildman–Crippen LogP) is 6.04. The van der Waals surface area contributed by atoms with Crippen LogP contribution in [0.4, 0.5) is 5.69 Å². The third-order valence-electron chi connectivity index (χ3n) is 8.96. The number of hydrogen-bond donors (Lipinski definition) is 0. The fraction of sp³-hybridized carbons (Fsp3) is 0.375. The molecule has 0 unspecified atom stereocenters. The van der Waals surface area contributed by atoms with Crippen molar-refractivity contribution in [2.24, 2.45) is 0 Å². The molecule has 2 fully saturated rings. The summed E-state index contributed by atoms with van der Waals surface area (Å²) in [5.41, 5.74) is 3.49. The molecule has 0 spiro atoms. The predicted molar refractivity (Wildman–Crippen MR) is 166 cm³/mol. The molecule has 1 aromatic heterocycles. The van der Waals surface area contributed by atoms with E-state index in [1.54, 1.807) is 24.3 Å². The van der Waals surface area contributed by atoms with E-state index < -0.39 is 10.1 Å². The Morgan fingerprint density at radius 2 is 1.69 bits per heavy atom. The molecule has 7 rings (SSSR count). The van der Waals surface area contributed by atoms with Gasteiger partial charge in [-0.2, -0.15) is 18.4 Å². The van der Waals surface area contributed by atoms with Gasteiger partial charge < -0.3 is 13.8 Å². The molecule has 2 saturated heterocycles. The van der Waals surface area contributed by atoms with Gasteiger partial charge in [0, 0.05) is 27.7 Å². The number of fused-ring (bicyclic) bond motifs is 3. The Bertz CT molecular complexity index is 1750. The summed E-state index contributed by atoms with van der Waals surface area (Å²) in [5.74, 6) is 0.0570. The van der Waals surface area contributed by atoms with Crippen LogP contribution in [-0.2, 0) is 23.1 Å². The van der Waals surface area contributed by atoms with E-state index in [2.05, 4.69) is 61.0 Å². The minimum Gasteiger partial charge on any atom is -0.461 e. The molecule has 42 heavy (non-hydrogen) atoms. The minimum atomic E-state index is -4.10. The van der Waals surface area contributed by atoms with Gasteiger partial charge in [-0.25, -0.2) is 0 Å². The molecule has 4 aromatic rings. The zero-order chi connectivity index (χ0) is 28.9. The molecule has 8 nitrogen and oxygen atoms in total. The summed E-state index contributed by atoms with van der Waals surface area (Å²) >= 11 is 3.74. The van der Waals surface area contributed by atoms with E-state index in [9.17, 15) is 8.42 Å². The van der Waals surface area contributed by atoms with Crippen molar-refractivity contribution in [2.45, 2.75) is 56.0 Å². The van der Waals surface area contributed by atoms with Crippen molar-refractivity contribution in [3.8, 4) is 11.9 Å². The first-order valence-corrected chi connectivity index (χ1v) is 16.7. The zero-order valence-corrected chi connectivity index (χ0v) is 26.0. The summed E-state index contributed by atoms with van der Waals surface area (Å²) in [4.78, 5) is 14.3. The highest BCUT2D eigenvalue weighted by Gasteiger charge is 2.45. The van der Waals surface area contributed by atoms with E-state index in [1.807, 2.05) is 13.0 Å². The average Bonchev–Trinajstić information content (AvgIpc) is 3.56. The van der Waals surface area contributed by atoms with E-state index in [-0.39, 0.29) is 22.3 Å². The van der Waals surface area contributed by atoms with Crippen molar-refractivity contribution in [3.05, 3.63) is 82.0 Å². The lowest BCUT2D eigenvalue weighted by molar-refractivity contribution is 0.107. The number of ether oxygens (including phenoxy) is 1. The number of nitrogens with zero attached hydrogens (tertiary/aromatic N) is 4. The van der Waals surface area contributed by atoms with Crippen molar-refractivity contribution in [1.82, 2.24) is 14.9 Å².